The molecule has 0 saturated carbocycles. The highest BCUT2D eigenvalue weighted by Gasteiger charge is 2.50. The molecule has 0 N–H and O–H groups in total. The fourth-order valence-corrected chi connectivity index (χ4v) is 4.43. The summed E-state index contributed by atoms with van der Waals surface area (Å²) in [6.45, 7) is 0.398. The molecule has 184 valence electrons. The molecule has 0 spiro atoms. The number of hydrogen-bond acceptors (Lipinski definition) is 11. The molecule has 0 aromatic heterocycles. The zero-order valence-electron chi connectivity index (χ0n) is 19.3. The summed E-state index contributed by atoms with van der Waals surface area (Å²) in [6, 6.07) is 0. The zero-order chi connectivity index (χ0) is 23.0. The predicted molar refractivity (Wildman–Crippen MR) is 111 cm³/mol. The Hall–Kier alpha value is -0.0100. The summed E-state index contributed by atoms with van der Waals surface area (Å²) in [6.07, 6.45) is -5.04. The van der Waals surface area contributed by atoms with Gasteiger partial charge < -0.3 is 51.9 Å². The van der Waals surface area contributed by atoms with Crippen LogP contribution in [0.3, 0.4) is 0 Å². The first-order chi connectivity index (χ1) is 15.0. The minimum Gasteiger partial charge on any atom is -0.376 e. The maximum absolute atomic E-state index is 6.11. The Balaban J connectivity index is 2.15. The van der Waals surface area contributed by atoms with Gasteiger partial charge in [-0.15, -0.1) is 0 Å². The van der Waals surface area contributed by atoms with E-state index < -0.39 is 61.4 Å². The van der Waals surface area contributed by atoms with Crippen LogP contribution in [0.1, 0.15) is 0 Å². The smallest absolute Gasteiger partial charge is 0.187 e. The fraction of sp³-hybridized carbons (Fsp3) is 1.00. The molecule has 31 heavy (non-hydrogen) atoms. The Morgan fingerprint density at radius 3 is 1.35 bits per heavy atom. The minimum absolute atomic E-state index is 0.127. The van der Waals surface area contributed by atoms with Crippen LogP contribution < -0.4 is 0 Å². The summed E-state index contributed by atoms with van der Waals surface area (Å²) >= 11 is 0. The van der Waals surface area contributed by atoms with Gasteiger partial charge in [0.05, 0.1) is 13.2 Å². The van der Waals surface area contributed by atoms with Crippen LogP contribution in [0, 0.1) is 0 Å². The Kier molecular flexibility index (Phi) is 12.0. The van der Waals surface area contributed by atoms with E-state index in [1.807, 2.05) is 0 Å². The van der Waals surface area contributed by atoms with E-state index in [0.29, 0.717) is 0 Å². The van der Waals surface area contributed by atoms with Gasteiger partial charge in [0.1, 0.15) is 48.8 Å². The van der Waals surface area contributed by atoms with Gasteiger partial charge in [-0.1, -0.05) is 0 Å². The van der Waals surface area contributed by atoms with Crippen molar-refractivity contribution in [3.8, 4) is 0 Å². The van der Waals surface area contributed by atoms with E-state index >= 15 is 0 Å². The van der Waals surface area contributed by atoms with E-state index in [0.717, 1.165) is 0 Å². The van der Waals surface area contributed by atoms with E-state index in [1.165, 1.54) is 0 Å². The molecule has 2 heterocycles. The third-order valence-corrected chi connectivity index (χ3v) is 5.93. The lowest BCUT2D eigenvalue weighted by molar-refractivity contribution is -0.337. The lowest BCUT2D eigenvalue weighted by atomic mass is 9.97. The van der Waals surface area contributed by atoms with E-state index in [1.54, 1.807) is 49.8 Å². The van der Waals surface area contributed by atoms with Crippen LogP contribution in [-0.4, -0.2) is 124 Å². The highest BCUT2D eigenvalue weighted by atomic mass is 31.0. The number of rotatable bonds is 12. The first kappa shape index (κ1) is 27.2. The van der Waals surface area contributed by atoms with E-state index in [9.17, 15) is 0 Å². The third-order valence-electron chi connectivity index (χ3n) is 5.73. The van der Waals surface area contributed by atoms with Crippen molar-refractivity contribution in [2.75, 3.05) is 63.0 Å². The van der Waals surface area contributed by atoms with Crippen molar-refractivity contribution < 1.29 is 51.9 Å². The average Bonchev–Trinajstić information content (AvgIpc) is 2.80. The molecule has 0 radical (unpaired) electrons. The molecule has 0 aliphatic carbocycles. The SMILES string of the molecule is COC1OC(COC2OC(COP)C(OC)C(OC)C2OC)C(OC)C(OC)C1OC. The monoisotopic (exact) mass is 472 g/mol. The predicted octanol–water partition coefficient (Wildman–Crippen LogP) is -0.00410. The molecule has 0 amide bonds. The van der Waals surface area contributed by atoms with Crippen molar-refractivity contribution >= 4 is 9.47 Å². The first-order valence-corrected chi connectivity index (χ1v) is 10.5. The molecular formula is C19H37O11P. The van der Waals surface area contributed by atoms with Gasteiger partial charge in [0.15, 0.2) is 12.6 Å². The number of hydrogen-bond donors (Lipinski definition) is 0. The molecule has 2 rings (SSSR count). The topological polar surface area (TPSA) is 102 Å². The van der Waals surface area contributed by atoms with E-state index in [-0.39, 0.29) is 13.2 Å². The molecule has 2 aliphatic rings. The normalized spacial score (nSPS) is 41.4. The van der Waals surface area contributed by atoms with Crippen LogP contribution in [0.5, 0.6) is 0 Å². The molecule has 0 bridgehead atoms. The van der Waals surface area contributed by atoms with Gasteiger partial charge in [0.2, 0.25) is 0 Å². The van der Waals surface area contributed by atoms with Crippen molar-refractivity contribution in [3.05, 3.63) is 0 Å². The Labute approximate surface area is 186 Å². The molecule has 12 heteroatoms. The second kappa shape index (κ2) is 13.6. The molecule has 2 fully saturated rings. The third kappa shape index (κ3) is 6.11. The summed E-state index contributed by atoms with van der Waals surface area (Å²) < 4.78 is 62.6. The summed E-state index contributed by atoms with van der Waals surface area (Å²) in [5.41, 5.74) is 0. The van der Waals surface area contributed by atoms with Crippen LogP contribution in [0.15, 0.2) is 0 Å². The second-order valence-corrected chi connectivity index (χ2v) is 7.52. The maximum atomic E-state index is 6.11. The highest BCUT2D eigenvalue weighted by molar-refractivity contribution is 7.09. The Bertz CT molecular complexity index is 501. The summed E-state index contributed by atoms with van der Waals surface area (Å²) in [5, 5.41) is 0. The standard InChI is InChI=1S/C19H37O11P/c1-20-12-10(29-18(26-7)16(24-5)14(12)22-3)8-27-19-17(25-6)15(23-4)13(21-2)11(30-19)9-28-31/h10-19H,8-9,31H2,1-7H3. The van der Waals surface area contributed by atoms with Crippen LogP contribution >= 0.6 is 9.47 Å². The maximum Gasteiger partial charge on any atom is 0.187 e. The van der Waals surface area contributed by atoms with Crippen molar-refractivity contribution in [1.29, 1.82) is 0 Å². The van der Waals surface area contributed by atoms with Gasteiger partial charge in [-0.05, 0) is 0 Å². The lowest BCUT2D eigenvalue weighted by Gasteiger charge is -2.46. The van der Waals surface area contributed by atoms with Gasteiger partial charge >= 0.3 is 0 Å². The van der Waals surface area contributed by atoms with E-state index in [4.69, 9.17) is 51.9 Å². The Morgan fingerprint density at radius 2 is 0.935 bits per heavy atom. The number of ether oxygens (including phenoxy) is 10. The van der Waals surface area contributed by atoms with Crippen molar-refractivity contribution in [1.82, 2.24) is 0 Å². The molecular weight excluding hydrogens is 435 g/mol. The number of methoxy groups -OCH3 is 7. The van der Waals surface area contributed by atoms with Crippen molar-refractivity contribution in [2.45, 2.75) is 61.4 Å². The van der Waals surface area contributed by atoms with Crippen molar-refractivity contribution in [3.63, 3.8) is 0 Å². The van der Waals surface area contributed by atoms with Gasteiger partial charge in [0, 0.05) is 59.2 Å². The van der Waals surface area contributed by atoms with Crippen LogP contribution in [0.25, 0.3) is 0 Å². The largest absolute Gasteiger partial charge is 0.376 e. The summed E-state index contributed by atoms with van der Waals surface area (Å²) in [4.78, 5) is 0. The van der Waals surface area contributed by atoms with Crippen LogP contribution in [-0.2, 0) is 51.9 Å². The molecule has 2 saturated heterocycles. The van der Waals surface area contributed by atoms with Crippen molar-refractivity contribution in [2.24, 2.45) is 0 Å². The first-order valence-electron chi connectivity index (χ1n) is 9.98. The zero-order valence-corrected chi connectivity index (χ0v) is 20.4. The average molecular weight is 472 g/mol. The van der Waals surface area contributed by atoms with E-state index in [2.05, 4.69) is 9.47 Å². The molecule has 11 nitrogen and oxygen atoms in total. The molecule has 11 atom stereocenters. The second-order valence-electron chi connectivity index (χ2n) is 7.19. The van der Waals surface area contributed by atoms with Gasteiger partial charge in [-0.25, -0.2) is 0 Å². The highest BCUT2D eigenvalue weighted by Crippen LogP contribution is 2.31. The Morgan fingerprint density at radius 1 is 0.516 bits per heavy atom. The fourth-order valence-electron chi connectivity index (χ4n) is 4.24. The van der Waals surface area contributed by atoms with Gasteiger partial charge in [-0.2, -0.15) is 0 Å². The quantitative estimate of drug-likeness (QED) is 0.359. The minimum atomic E-state index is -0.755. The molecule has 0 aromatic carbocycles. The van der Waals surface area contributed by atoms with Gasteiger partial charge in [0.25, 0.3) is 0 Å². The molecule has 2 aliphatic heterocycles. The summed E-state index contributed by atoms with van der Waals surface area (Å²) in [7, 11) is 13.2. The molecule has 11 unspecified atom stereocenters. The lowest BCUT2D eigenvalue weighted by Crippen LogP contribution is -2.63. The van der Waals surface area contributed by atoms with Crippen LogP contribution in [0.2, 0.25) is 0 Å². The molecule has 0 aromatic rings. The van der Waals surface area contributed by atoms with Crippen LogP contribution in [0.4, 0.5) is 0 Å². The van der Waals surface area contributed by atoms with Gasteiger partial charge in [-0.3, -0.25) is 0 Å². The summed E-state index contributed by atoms with van der Waals surface area (Å²) in [5.74, 6) is 0.